The Labute approximate surface area is 138 Å². The fourth-order valence-electron chi connectivity index (χ4n) is 2.86. The van der Waals surface area contributed by atoms with E-state index in [-0.39, 0.29) is 9.79 Å². The second-order valence-corrected chi connectivity index (χ2v) is 7.47. The maximum Gasteiger partial charge on any atom is 0.289 e. The first-order valence-corrected chi connectivity index (χ1v) is 8.91. The van der Waals surface area contributed by atoms with Crippen LogP contribution in [-0.2, 0) is 29.9 Å². The fraction of sp³-hybridized carbons (Fsp3) is 0.250. The van der Waals surface area contributed by atoms with Crippen molar-refractivity contribution in [3.63, 3.8) is 0 Å². The van der Waals surface area contributed by atoms with Crippen LogP contribution >= 0.6 is 0 Å². The predicted octanol–water partition coefficient (Wildman–Crippen LogP) is 1.46. The Kier molecular flexibility index (Phi) is 3.41. The Morgan fingerprint density at radius 2 is 1.92 bits per heavy atom. The van der Waals surface area contributed by atoms with Gasteiger partial charge in [-0.25, -0.2) is 8.42 Å². The molecule has 2 aliphatic heterocycles. The summed E-state index contributed by atoms with van der Waals surface area (Å²) in [5.74, 6) is -2.00. The van der Waals surface area contributed by atoms with Crippen molar-refractivity contribution in [2.24, 2.45) is 0 Å². The van der Waals surface area contributed by atoms with E-state index in [0.717, 1.165) is 0 Å². The number of hydrogen-bond acceptors (Lipinski definition) is 6. The number of ether oxygens (including phenoxy) is 2. The lowest BCUT2D eigenvalue weighted by atomic mass is 10.1. The number of aromatic nitrogens is 1. The molecular formula is C16H14N2O5S. The normalized spacial score (nSPS) is 19.1. The van der Waals surface area contributed by atoms with Crippen molar-refractivity contribution in [1.82, 2.24) is 4.98 Å². The minimum atomic E-state index is -3.75. The van der Waals surface area contributed by atoms with Crippen molar-refractivity contribution in [2.45, 2.75) is 22.0 Å². The molecule has 24 heavy (non-hydrogen) atoms. The van der Waals surface area contributed by atoms with Crippen LogP contribution in [0.3, 0.4) is 0 Å². The molecule has 7 nitrogen and oxygen atoms in total. The van der Waals surface area contributed by atoms with Crippen molar-refractivity contribution >= 4 is 21.4 Å². The lowest BCUT2D eigenvalue weighted by Gasteiger charge is -2.31. The minimum absolute atomic E-state index is 0.0582. The van der Waals surface area contributed by atoms with Gasteiger partial charge in [-0.2, -0.15) is 0 Å². The highest BCUT2D eigenvalue weighted by Gasteiger charge is 2.51. The summed E-state index contributed by atoms with van der Waals surface area (Å²) in [7, 11) is -3.75. The third-order valence-corrected chi connectivity index (χ3v) is 5.78. The molecule has 0 unspecified atom stereocenters. The molecule has 0 aliphatic carbocycles. The molecule has 0 saturated carbocycles. The molecule has 3 heterocycles. The Bertz CT molecular complexity index is 905. The van der Waals surface area contributed by atoms with Crippen LogP contribution in [0.4, 0.5) is 5.69 Å². The topological polar surface area (TPSA) is 94.6 Å². The van der Waals surface area contributed by atoms with Crippen molar-refractivity contribution in [3.05, 3.63) is 48.3 Å². The van der Waals surface area contributed by atoms with Crippen LogP contribution in [0.5, 0.6) is 0 Å². The van der Waals surface area contributed by atoms with Gasteiger partial charge < -0.3 is 14.8 Å². The number of hydrogen-bond donors (Lipinski definition) is 1. The van der Waals surface area contributed by atoms with E-state index in [1.165, 1.54) is 30.6 Å². The monoisotopic (exact) mass is 346 g/mol. The molecule has 4 rings (SSSR count). The van der Waals surface area contributed by atoms with E-state index in [9.17, 15) is 13.2 Å². The van der Waals surface area contributed by atoms with Crippen LogP contribution in [-0.4, -0.2) is 32.5 Å². The SMILES string of the molecule is O=C1Nc2ccc(S(=O)(=O)c3cccnc3)cc2C12OCCCO2. The quantitative estimate of drug-likeness (QED) is 0.884. The number of carbonyl (C=O) groups excluding carboxylic acids is 1. The van der Waals surface area contributed by atoms with Gasteiger partial charge in [-0.15, -0.1) is 0 Å². The second-order valence-electron chi connectivity index (χ2n) is 5.52. The summed E-state index contributed by atoms with van der Waals surface area (Å²) in [6.45, 7) is 0.735. The van der Waals surface area contributed by atoms with E-state index >= 15 is 0 Å². The molecule has 1 aromatic carbocycles. The van der Waals surface area contributed by atoms with Gasteiger partial charge in [-0.05, 0) is 36.8 Å². The number of amides is 1. The minimum Gasteiger partial charge on any atom is -0.338 e. The molecule has 8 heteroatoms. The number of carbonyl (C=O) groups is 1. The van der Waals surface area contributed by atoms with E-state index < -0.39 is 21.5 Å². The summed E-state index contributed by atoms with van der Waals surface area (Å²) in [5.41, 5.74) is 0.879. The number of anilines is 1. The average Bonchev–Trinajstić information content (AvgIpc) is 2.88. The van der Waals surface area contributed by atoms with Gasteiger partial charge in [0.15, 0.2) is 0 Å². The van der Waals surface area contributed by atoms with Crippen molar-refractivity contribution in [3.8, 4) is 0 Å². The van der Waals surface area contributed by atoms with Crippen LogP contribution in [0.1, 0.15) is 12.0 Å². The summed E-state index contributed by atoms with van der Waals surface area (Å²) < 4.78 is 36.7. The first kappa shape index (κ1) is 15.3. The summed E-state index contributed by atoms with van der Waals surface area (Å²) in [6, 6.07) is 7.46. The summed E-state index contributed by atoms with van der Waals surface area (Å²) in [5, 5.41) is 2.68. The van der Waals surface area contributed by atoms with Crippen LogP contribution in [0, 0.1) is 0 Å². The number of nitrogens with one attached hydrogen (secondary N) is 1. The lowest BCUT2D eigenvalue weighted by Crippen LogP contribution is -2.43. The summed E-state index contributed by atoms with van der Waals surface area (Å²) in [4.78, 5) is 16.3. The number of pyridine rings is 1. The highest BCUT2D eigenvalue weighted by atomic mass is 32.2. The van der Waals surface area contributed by atoms with E-state index in [1.807, 2.05) is 0 Å². The Balaban J connectivity index is 1.84. The predicted molar refractivity (Wildman–Crippen MR) is 83.0 cm³/mol. The number of benzene rings is 1. The van der Waals surface area contributed by atoms with Gasteiger partial charge in [0.1, 0.15) is 0 Å². The molecule has 0 radical (unpaired) electrons. The first-order valence-electron chi connectivity index (χ1n) is 7.43. The van der Waals surface area contributed by atoms with Crippen molar-refractivity contribution in [1.29, 1.82) is 0 Å². The maximum absolute atomic E-state index is 12.8. The third-order valence-electron chi connectivity index (χ3n) is 4.05. The summed E-state index contributed by atoms with van der Waals surface area (Å²) in [6.07, 6.45) is 3.47. The lowest BCUT2D eigenvalue weighted by molar-refractivity contribution is -0.255. The molecule has 1 aromatic heterocycles. The first-order chi connectivity index (χ1) is 11.5. The van der Waals surface area contributed by atoms with Crippen LogP contribution < -0.4 is 5.32 Å². The molecular weight excluding hydrogens is 332 g/mol. The van der Waals surface area contributed by atoms with E-state index in [2.05, 4.69) is 10.3 Å². The number of nitrogens with zero attached hydrogens (tertiary/aromatic N) is 1. The average molecular weight is 346 g/mol. The molecule has 0 atom stereocenters. The zero-order valence-corrected chi connectivity index (χ0v) is 13.4. The van der Waals surface area contributed by atoms with Gasteiger partial charge in [-0.3, -0.25) is 9.78 Å². The molecule has 1 amide bonds. The van der Waals surface area contributed by atoms with Gasteiger partial charge in [0.05, 0.1) is 28.7 Å². The molecule has 1 saturated heterocycles. The molecule has 1 spiro atoms. The smallest absolute Gasteiger partial charge is 0.289 e. The number of sulfone groups is 1. The van der Waals surface area contributed by atoms with Crippen molar-refractivity contribution in [2.75, 3.05) is 18.5 Å². The van der Waals surface area contributed by atoms with Gasteiger partial charge in [0.2, 0.25) is 9.84 Å². The van der Waals surface area contributed by atoms with Gasteiger partial charge in [-0.1, -0.05) is 0 Å². The highest BCUT2D eigenvalue weighted by molar-refractivity contribution is 7.91. The molecule has 2 aromatic rings. The van der Waals surface area contributed by atoms with Gasteiger partial charge in [0.25, 0.3) is 11.7 Å². The van der Waals surface area contributed by atoms with Gasteiger partial charge >= 0.3 is 0 Å². The molecule has 0 bridgehead atoms. The fourth-order valence-corrected chi connectivity index (χ4v) is 4.11. The molecule has 1 N–H and O–H groups in total. The second kappa shape index (κ2) is 5.37. The Morgan fingerprint density at radius 3 is 2.62 bits per heavy atom. The standard InChI is InChI=1S/C16H14N2O5S/c19-15-16(22-7-2-8-23-16)13-9-11(4-5-14(13)18-15)24(20,21)12-3-1-6-17-10-12/h1,3-6,9-10H,2,7-8H2,(H,18,19). The molecule has 2 aliphatic rings. The number of rotatable bonds is 2. The third kappa shape index (κ3) is 2.15. The van der Waals surface area contributed by atoms with E-state index in [4.69, 9.17) is 9.47 Å². The van der Waals surface area contributed by atoms with Crippen LogP contribution in [0.25, 0.3) is 0 Å². The number of fused-ring (bicyclic) bond motifs is 2. The largest absolute Gasteiger partial charge is 0.338 e. The maximum atomic E-state index is 12.8. The van der Waals surface area contributed by atoms with Crippen molar-refractivity contribution < 1.29 is 22.7 Å². The van der Waals surface area contributed by atoms with E-state index in [0.29, 0.717) is 30.9 Å². The molecule has 124 valence electrons. The van der Waals surface area contributed by atoms with Gasteiger partial charge in [0, 0.05) is 18.0 Å². The summed E-state index contributed by atoms with van der Waals surface area (Å²) >= 11 is 0. The van der Waals surface area contributed by atoms with E-state index in [1.54, 1.807) is 12.1 Å². The zero-order chi connectivity index (χ0) is 16.8. The highest BCUT2D eigenvalue weighted by Crippen LogP contribution is 2.43. The van der Waals surface area contributed by atoms with Crippen LogP contribution in [0.2, 0.25) is 0 Å². The Hall–Kier alpha value is -2.29. The van der Waals surface area contributed by atoms with Crippen LogP contribution in [0.15, 0.2) is 52.5 Å². The molecule has 1 fully saturated rings. The zero-order valence-electron chi connectivity index (χ0n) is 12.6. The Morgan fingerprint density at radius 1 is 1.12 bits per heavy atom.